The molecule has 1 aromatic rings. The summed E-state index contributed by atoms with van der Waals surface area (Å²) in [6, 6.07) is 6.46. The molecular weight excluding hydrogens is 274 g/mol. The molecule has 0 fully saturated rings. The molecule has 1 aromatic carbocycles. The van der Waals surface area contributed by atoms with Crippen LogP contribution in [0.2, 0.25) is 0 Å². The molecule has 2 atom stereocenters. The quantitative estimate of drug-likeness (QED) is 0.706. The van der Waals surface area contributed by atoms with Crippen LogP contribution < -0.4 is 5.73 Å². The number of aliphatic hydroxyl groups is 2. The third kappa shape index (κ3) is 3.04. The molecule has 2 unspecified atom stereocenters. The van der Waals surface area contributed by atoms with E-state index in [2.05, 4.69) is 15.9 Å². The molecule has 0 saturated heterocycles. The largest absolute Gasteiger partial charge is 0.390 e. The monoisotopic (exact) mass is 287 g/mol. The zero-order chi connectivity index (χ0) is 12.1. The number of halogens is 1. The Labute approximate surface area is 102 Å². The number of primary amides is 1. The Kier molecular flexibility index (Phi) is 4.92. The number of benzene rings is 1. The molecule has 4 N–H and O–H groups in total. The summed E-state index contributed by atoms with van der Waals surface area (Å²) in [4.78, 5) is 11.1. The molecule has 0 aliphatic heterocycles. The smallest absolute Gasteiger partial charge is 0.249 e. The third-order valence-electron chi connectivity index (χ3n) is 2.31. The molecular formula is C11H14BrNO3. The summed E-state index contributed by atoms with van der Waals surface area (Å²) in [6.07, 6.45) is -1.62. The second-order valence-corrected chi connectivity index (χ2v) is 4.23. The molecule has 0 aromatic heterocycles. The lowest BCUT2D eigenvalue weighted by molar-refractivity contribution is 0.0169. The Balaban J connectivity index is 2.98. The van der Waals surface area contributed by atoms with E-state index in [1.807, 2.05) is 0 Å². The molecule has 1 amide bonds. The molecule has 0 aliphatic carbocycles. The van der Waals surface area contributed by atoms with Crippen molar-refractivity contribution in [2.75, 3.05) is 5.33 Å². The van der Waals surface area contributed by atoms with Crippen molar-refractivity contribution in [3.63, 3.8) is 0 Å². The van der Waals surface area contributed by atoms with Gasteiger partial charge >= 0.3 is 0 Å². The molecule has 0 spiro atoms. The van der Waals surface area contributed by atoms with Gasteiger partial charge in [-0.15, -0.1) is 0 Å². The van der Waals surface area contributed by atoms with E-state index in [4.69, 9.17) is 5.73 Å². The first-order chi connectivity index (χ1) is 7.57. The van der Waals surface area contributed by atoms with E-state index in [1.165, 1.54) is 6.07 Å². The van der Waals surface area contributed by atoms with E-state index in [-0.39, 0.29) is 5.56 Å². The minimum atomic E-state index is -1.10. The topological polar surface area (TPSA) is 83.6 Å². The lowest BCUT2D eigenvalue weighted by Gasteiger charge is -2.19. The molecule has 16 heavy (non-hydrogen) atoms. The fraction of sp³-hybridized carbons (Fsp3) is 0.364. The van der Waals surface area contributed by atoms with E-state index >= 15 is 0 Å². The number of amides is 1. The third-order valence-corrected chi connectivity index (χ3v) is 2.77. The van der Waals surface area contributed by atoms with Crippen LogP contribution in [0.3, 0.4) is 0 Å². The van der Waals surface area contributed by atoms with Crippen LogP contribution in [0.15, 0.2) is 24.3 Å². The first-order valence-corrected chi connectivity index (χ1v) is 6.01. The summed E-state index contributed by atoms with van der Waals surface area (Å²) >= 11 is 3.18. The summed E-state index contributed by atoms with van der Waals surface area (Å²) in [7, 11) is 0. The molecule has 0 bridgehead atoms. The van der Waals surface area contributed by atoms with Crippen LogP contribution in [-0.4, -0.2) is 27.6 Å². The van der Waals surface area contributed by atoms with E-state index in [0.717, 1.165) is 0 Å². The van der Waals surface area contributed by atoms with Crippen molar-refractivity contribution in [2.45, 2.75) is 18.6 Å². The molecule has 0 radical (unpaired) electrons. The van der Waals surface area contributed by atoms with Crippen LogP contribution in [0.5, 0.6) is 0 Å². The van der Waals surface area contributed by atoms with Crippen LogP contribution in [0, 0.1) is 0 Å². The highest BCUT2D eigenvalue weighted by atomic mass is 79.9. The van der Waals surface area contributed by atoms with Crippen molar-refractivity contribution in [1.29, 1.82) is 0 Å². The molecule has 88 valence electrons. The number of alkyl halides is 1. The number of aliphatic hydroxyl groups excluding tert-OH is 2. The fourth-order valence-corrected chi connectivity index (χ4v) is 1.93. The Morgan fingerprint density at radius 1 is 1.38 bits per heavy atom. The Bertz CT molecular complexity index is 370. The van der Waals surface area contributed by atoms with Crippen molar-refractivity contribution in [3.05, 3.63) is 35.4 Å². The minimum Gasteiger partial charge on any atom is -0.390 e. The summed E-state index contributed by atoms with van der Waals surface area (Å²) in [5.74, 6) is -0.610. The Hall–Kier alpha value is -0.910. The number of carbonyl (C=O) groups is 1. The van der Waals surface area contributed by atoms with E-state index in [9.17, 15) is 15.0 Å². The van der Waals surface area contributed by atoms with Crippen LogP contribution in [0.4, 0.5) is 0 Å². The number of rotatable bonds is 5. The predicted molar refractivity (Wildman–Crippen MR) is 64.3 cm³/mol. The van der Waals surface area contributed by atoms with Gasteiger partial charge in [0.05, 0.1) is 6.10 Å². The number of carbonyl (C=O) groups excluding carboxylic acids is 1. The molecule has 4 nitrogen and oxygen atoms in total. The highest BCUT2D eigenvalue weighted by Crippen LogP contribution is 2.22. The summed E-state index contributed by atoms with van der Waals surface area (Å²) in [6.45, 7) is 0. The van der Waals surface area contributed by atoms with Gasteiger partial charge < -0.3 is 15.9 Å². The fourth-order valence-electron chi connectivity index (χ4n) is 1.46. The average Bonchev–Trinajstić information content (AvgIpc) is 2.28. The number of nitrogens with two attached hydrogens (primary N) is 1. The molecule has 5 heteroatoms. The summed E-state index contributed by atoms with van der Waals surface area (Å²) in [5.41, 5.74) is 5.79. The van der Waals surface area contributed by atoms with Crippen LogP contribution in [-0.2, 0) is 0 Å². The van der Waals surface area contributed by atoms with Gasteiger partial charge in [0.1, 0.15) is 6.10 Å². The maximum atomic E-state index is 11.1. The number of hydrogen-bond acceptors (Lipinski definition) is 3. The first-order valence-electron chi connectivity index (χ1n) is 4.88. The van der Waals surface area contributed by atoms with Gasteiger partial charge in [-0.2, -0.15) is 0 Å². The maximum Gasteiger partial charge on any atom is 0.249 e. The zero-order valence-electron chi connectivity index (χ0n) is 8.64. The van der Waals surface area contributed by atoms with Crippen LogP contribution >= 0.6 is 15.9 Å². The van der Waals surface area contributed by atoms with E-state index < -0.39 is 18.1 Å². The van der Waals surface area contributed by atoms with Gasteiger partial charge in [0.15, 0.2) is 0 Å². The highest BCUT2D eigenvalue weighted by molar-refractivity contribution is 9.09. The van der Waals surface area contributed by atoms with Gasteiger partial charge in [0, 0.05) is 10.9 Å². The average molecular weight is 288 g/mol. The van der Waals surface area contributed by atoms with Gasteiger partial charge in [-0.1, -0.05) is 34.1 Å². The normalized spacial score (nSPS) is 14.4. The summed E-state index contributed by atoms with van der Waals surface area (Å²) < 4.78 is 0. The highest BCUT2D eigenvalue weighted by Gasteiger charge is 2.21. The van der Waals surface area contributed by atoms with Crippen molar-refractivity contribution >= 4 is 21.8 Å². The van der Waals surface area contributed by atoms with Crippen molar-refractivity contribution in [3.8, 4) is 0 Å². The van der Waals surface area contributed by atoms with Gasteiger partial charge in [-0.05, 0) is 18.1 Å². The lowest BCUT2D eigenvalue weighted by Crippen LogP contribution is -2.23. The summed E-state index contributed by atoms with van der Waals surface area (Å²) in [5, 5.41) is 20.1. The Morgan fingerprint density at radius 3 is 2.56 bits per heavy atom. The SMILES string of the molecule is NC(=O)c1ccccc1C(O)C(O)CCBr. The van der Waals surface area contributed by atoms with Gasteiger partial charge in [0.2, 0.25) is 5.91 Å². The van der Waals surface area contributed by atoms with Crippen molar-refractivity contribution in [2.24, 2.45) is 5.73 Å². The van der Waals surface area contributed by atoms with E-state index in [0.29, 0.717) is 17.3 Å². The number of hydrogen-bond donors (Lipinski definition) is 3. The second kappa shape index (κ2) is 5.98. The predicted octanol–water partition coefficient (Wildman–Crippen LogP) is 0.965. The van der Waals surface area contributed by atoms with Crippen LogP contribution in [0.25, 0.3) is 0 Å². The maximum absolute atomic E-state index is 11.1. The second-order valence-electron chi connectivity index (χ2n) is 3.44. The molecule has 1 rings (SSSR count). The van der Waals surface area contributed by atoms with Crippen LogP contribution in [0.1, 0.15) is 28.4 Å². The first kappa shape index (κ1) is 13.2. The molecule has 0 heterocycles. The Morgan fingerprint density at radius 2 is 2.00 bits per heavy atom. The van der Waals surface area contributed by atoms with Crippen molar-refractivity contribution < 1.29 is 15.0 Å². The minimum absolute atomic E-state index is 0.239. The van der Waals surface area contributed by atoms with Gasteiger partial charge in [0.25, 0.3) is 0 Å². The van der Waals surface area contributed by atoms with Gasteiger partial charge in [-0.25, -0.2) is 0 Å². The van der Waals surface area contributed by atoms with Crippen molar-refractivity contribution in [1.82, 2.24) is 0 Å². The van der Waals surface area contributed by atoms with Gasteiger partial charge in [-0.3, -0.25) is 4.79 Å². The zero-order valence-corrected chi connectivity index (χ0v) is 10.2. The molecule has 0 aliphatic rings. The lowest BCUT2D eigenvalue weighted by atomic mass is 9.97. The molecule has 0 saturated carbocycles. The van der Waals surface area contributed by atoms with E-state index in [1.54, 1.807) is 18.2 Å². The standard InChI is InChI=1S/C11H14BrNO3/c12-6-5-9(14)10(15)7-3-1-2-4-8(7)11(13)16/h1-4,9-10,14-15H,5-6H2,(H2,13,16).